The Hall–Kier alpha value is -1.79. The molecule has 0 aromatic rings. The maximum atomic E-state index is 13.4. The molecular weight excluding hydrogens is 622 g/mol. The second kappa shape index (κ2) is 18.1. The first-order chi connectivity index (χ1) is 23.4. The van der Waals surface area contributed by atoms with Gasteiger partial charge in [-0.2, -0.15) is 0 Å². The standard InChI is InChI=1S/C38H69N5O6/c1-25(9-8-20-43(4)24-42)28-13-14-29-36-30(23-32(38(28,29)3)49-35(46)12-7-19-41)37(2)16-15-27(47-33(44)10-5-17-39)21-26(37)22-31(36)48-34(45)11-6-18-40/h25-32,36H,5-24,39-42H2,1-4H3/t25-,26?,27-,28?,29+,30+,31-,32+,36?,37?,38?/m1/s1. The van der Waals surface area contributed by atoms with Crippen LogP contribution in [0.2, 0.25) is 0 Å². The van der Waals surface area contributed by atoms with Crippen LogP contribution in [0.5, 0.6) is 0 Å². The van der Waals surface area contributed by atoms with Gasteiger partial charge in [-0.05, 0) is 145 Å². The summed E-state index contributed by atoms with van der Waals surface area (Å²) in [5.41, 5.74) is 22.8. The van der Waals surface area contributed by atoms with Crippen molar-refractivity contribution in [3.8, 4) is 0 Å². The van der Waals surface area contributed by atoms with Gasteiger partial charge in [0.25, 0.3) is 0 Å². The first-order valence-electron chi connectivity index (χ1n) is 19.5. The highest BCUT2D eigenvalue weighted by atomic mass is 16.6. The molecule has 0 saturated heterocycles. The second-order valence-corrected chi connectivity index (χ2v) is 16.5. The van der Waals surface area contributed by atoms with E-state index < -0.39 is 0 Å². The smallest absolute Gasteiger partial charge is 0.306 e. The van der Waals surface area contributed by atoms with E-state index in [1.54, 1.807) is 0 Å². The Balaban J connectivity index is 1.67. The van der Waals surface area contributed by atoms with Crippen LogP contribution in [-0.4, -0.2) is 81.0 Å². The lowest BCUT2D eigenvalue weighted by Crippen LogP contribution is -2.63. The average molecular weight is 692 g/mol. The summed E-state index contributed by atoms with van der Waals surface area (Å²) in [5, 5.41) is 0. The molecule has 0 spiro atoms. The Labute approximate surface area is 295 Å². The Morgan fingerprint density at radius 2 is 1.39 bits per heavy atom. The molecule has 4 saturated carbocycles. The Morgan fingerprint density at radius 1 is 0.776 bits per heavy atom. The fourth-order valence-corrected chi connectivity index (χ4v) is 10.9. The maximum absolute atomic E-state index is 13.4. The van der Waals surface area contributed by atoms with Crippen molar-refractivity contribution in [1.82, 2.24) is 4.90 Å². The van der Waals surface area contributed by atoms with E-state index >= 15 is 0 Å². The molecule has 4 fully saturated rings. The number of carbonyl (C=O) groups is 3. The number of carbonyl (C=O) groups excluding carboxylic acids is 3. The van der Waals surface area contributed by atoms with Crippen LogP contribution in [-0.2, 0) is 28.6 Å². The zero-order valence-electron chi connectivity index (χ0n) is 31.0. The molecule has 0 aliphatic heterocycles. The van der Waals surface area contributed by atoms with Gasteiger partial charge >= 0.3 is 17.9 Å². The first kappa shape index (κ1) is 40.0. The number of nitrogens with two attached hydrogens (primary N) is 4. The molecule has 0 aromatic carbocycles. The molecule has 11 atom stereocenters. The molecule has 5 unspecified atom stereocenters. The summed E-state index contributed by atoms with van der Waals surface area (Å²) in [7, 11) is 2.06. The van der Waals surface area contributed by atoms with Gasteiger partial charge in [0.05, 0.1) is 0 Å². The summed E-state index contributed by atoms with van der Waals surface area (Å²) in [5.74, 6) is 1.18. The molecule has 4 aliphatic rings. The van der Waals surface area contributed by atoms with Crippen molar-refractivity contribution < 1.29 is 28.6 Å². The van der Waals surface area contributed by atoms with Crippen LogP contribution < -0.4 is 22.9 Å². The third-order valence-electron chi connectivity index (χ3n) is 13.6. The Morgan fingerprint density at radius 3 is 2.00 bits per heavy atom. The molecule has 11 nitrogen and oxygen atoms in total. The highest BCUT2D eigenvalue weighted by molar-refractivity contribution is 5.70. The van der Waals surface area contributed by atoms with Gasteiger partial charge in [-0.15, -0.1) is 0 Å². The summed E-state index contributed by atoms with van der Waals surface area (Å²) in [4.78, 5) is 41.4. The van der Waals surface area contributed by atoms with E-state index in [1.807, 2.05) is 0 Å². The minimum Gasteiger partial charge on any atom is -0.462 e. The van der Waals surface area contributed by atoms with Crippen molar-refractivity contribution in [2.24, 2.45) is 69.3 Å². The molecule has 0 bridgehead atoms. The number of hydrogen-bond donors (Lipinski definition) is 4. The van der Waals surface area contributed by atoms with Gasteiger partial charge in [0, 0.05) is 37.3 Å². The number of rotatable bonds is 18. The third kappa shape index (κ3) is 9.18. The van der Waals surface area contributed by atoms with E-state index in [2.05, 4.69) is 32.7 Å². The molecular formula is C38H69N5O6. The van der Waals surface area contributed by atoms with Gasteiger partial charge in [0.15, 0.2) is 0 Å². The van der Waals surface area contributed by atoms with Gasteiger partial charge in [-0.1, -0.05) is 20.8 Å². The summed E-state index contributed by atoms with van der Waals surface area (Å²) >= 11 is 0. The minimum absolute atomic E-state index is 0.0508. The first-order valence-corrected chi connectivity index (χ1v) is 19.5. The van der Waals surface area contributed by atoms with Gasteiger partial charge in [-0.25, -0.2) is 0 Å². The largest absolute Gasteiger partial charge is 0.462 e. The van der Waals surface area contributed by atoms with Gasteiger partial charge in [0.2, 0.25) is 0 Å². The van der Waals surface area contributed by atoms with E-state index in [-0.39, 0.29) is 70.7 Å². The highest BCUT2D eigenvalue weighted by Gasteiger charge is 2.67. The quantitative estimate of drug-likeness (QED) is 0.0922. The van der Waals surface area contributed by atoms with Gasteiger partial charge in [0.1, 0.15) is 18.3 Å². The van der Waals surface area contributed by atoms with Crippen LogP contribution in [0.15, 0.2) is 0 Å². The Kier molecular flexibility index (Phi) is 14.8. The fraction of sp³-hybridized carbons (Fsp3) is 0.921. The zero-order valence-corrected chi connectivity index (χ0v) is 31.0. The molecule has 4 rings (SSSR count). The predicted molar refractivity (Wildman–Crippen MR) is 191 cm³/mol. The fourth-order valence-electron chi connectivity index (χ4n) is 10.9. The SMILES string of the molecule is C[C@H](CCCN(C)CN)C1CC[C@H]2C3[C@H](OC(=O)CCCN)CC4C[C@H](OC(=O)CCCN)CCC4(C)[C@H]3C[C@H](OC(=O)CCCN)C12C. The molecule has 0 amide bonds. The number of nitrogens with zero attached hydrogens (tertiary/aromatic N) is 1. The van der Waals surface area contributed by atoms with Crippen LogP contribution in [0, 0.1) is 46.3 Å². The van der Waals surface area contributed by atoms with E-state index in [9.17, 15) is 14.4 Å². The van der Waals surface area contributed by atoms with E-state index in [0.717, 1.165) is 64.3 Å². The summed E-state index contributed by atoms with van der Waals surface area (Å²) in [6, 6.07) is 0. The van der Waals surface area contributed by atoms with Crippen molar-refractivity contribution in [3.63, 3.8) is 0 Å². The van der Waals surface area contributed by atoms with Crippen molar-refractivity contribution >= 4 is 17.9 Å². The Bertz CT molecular complexity index is 1090. The number of ether oxygens (including phenoxy) is 3. The van der Waals surface area contributed by atoms with Crippen molar-refractivity contribution in [2.75, 3.05) is 39.9 Å². The molecule has 4 aliphatic carbocycles. The number of hydrogen-bond acceptors (Lipinski definition) is 11. The van der Waals surface area contributed by atoms with Crippen molar-refractivity contribution in [1.29, 1.82) is 0 Å². The van der Waals surface area contributed by atoms with Crippen LogP contribution in [0.4, 0.5) is 0 Å². The lowest BCUT2D eigenvalue weighted by Gasteiger charge is -2.64. The van der Waals surface area contributed by atoms with E-state index in [1.165, 1.54) is 0 Å². The average Bonchev–Trinajstić information content (AvgIpc) is 3.44. The maximum Gasteiger partial charge on any atom is 0.306 e. The molecule has 49 heavy (non-hydrogen) atoms. The summed E-state index contributed by atoms with van der Waals surface area (Å²) in [6.45, 7) is 10.0. The lowest BCUT2D eigenvalue weighted by atomic mass is 9.43. The topological polar surface area (TPSA) is 186 Å². The van der Waals surface area contributed by atoms with Crippen LogP contribution >= 0.6 is 0 Å². The zero-order chi connectivity index (χ0) is 35.8. The van der Waals surface area contributed by atoms with Crippen molar-refractivity contribution in [2.45, 2.75) is 135 Å². The molecule has 0 aromatic heterocycles. The highest BCUT2D eigenvalue weighted by Crippen LogP contribution is 2.69. The van der Waals surface area contributed by atoms with Crippen LogP contribution in [0.25, 0.3) is 0 Å². The summed E-state index contributed by atoms with van der Waals surface area (Å²) < 4.78 is 19.1. The monoisotopic (exact) mass is 692 g/mol. The molecule has 0 radical (unpaired) electrons. The predicted octanol–water partition coefficient (Wildman–Crippen LogP) is 4.08. The van der Waals surface area contributed by atoms with Crippen LogP contribution in [0.3, 0.4) is 0 Å². The lowest BCUT2D eigenvalue weighted by molar-refractivity contribution is -0.226. The van der Waals surface area contributed by atoms with Gasteiger partial charge in [-0.3, -0.25) is 19.3 Å². The van der Waals surface area contributed by atoms with E-state index in [0.29, 0.717) is 76.7 Å². The second-order valence-electron chi connectivity index (χ2n) is 16.5. The minimum atomic E-state index is -0.237. The molecule has 8 N–H and O–H groups in total. The number of fused-ring (bicyclic) bond motifs is 5. The normalized spacial score (nSPS) is 35.9. The molecule has 0 heterocycles. The third-order valence-corrected chi connectivity index (χ3v) is 13.6. The van der Waals surface area contributed by atoms with Crippen molar-refractivity contribution in [3.05, 3.63) is 0 Å². The molecule has 282 valence electrons. The summed E-state index contributed by atoms with van der Waals surface area (Å²) in [6.07, 6.45) is 10.5. The molecule has 11 heteroatoms. The van der Waals surface area contributed by atoms with E-state index in [4.69, 9.17) is 37.1 Å². The van der Waals surface area contributed by atoms with Crippen LogP contribution in [0.1, 0.15) is 117 Å². The van der Waals surface area contributed by atoms with Gasteiger partial charge < -0.3 is 37.1 Å². The number of esters is 3.